The van der Waals surface area contributed by atoms with Gasteiger partial charge >= 0.3 is 10.1 Å². The molecule has 0 spiro atoms. The minimum Gasteiger partial charge on any atom is -0.372 e. The Morgan fingerprint density at radius 3 is 2.61 bits per heavy atom. The van der Waals surface area contributed by atoms with Crippen LogP contribution in [0.1, 0.15) is 43.9 Å². The second-order valence-corrected chi connectivity index (χ2v) is 11.5. The Balaban J connectivity index is 2.23. The summed E-state index contributed by atoms with van der Waals surface area (Å²) in [7, 11) is -7.87. The number of carbonyl (C=O) groups excluding carboxylic acids is 1. The average Bonchev–Trinajstić information content (AvgIpc) is 3.14. The number of benzene rings is 1. The number of nitrogens with zero attached hydrogens (tertiary/aromatic N) is 2. The number of aromatic nitrogens is 2. The summed E-state index contributed by atoms with van der Waals surface area (Å²) < 4.78 is 63.2. The van der Waals surface area contributed by atoms with Crippen LogP contribution in [0.25, 0.3) is 11.1 Å². The van der Waals surface area contributed by atoms with Gasteiger partial charge in [0.1, 0.15) is 10.8 Å². The molecule has 1 aliphatic rings. The SMILES string of the molecule is CCCS(=O)(=O)Oc1c(-c2ccc3c(c2C)C(OCCCl)CC(=C=O)S3(=O)=O)cnn1CC. The molecule has 1 atom stereocenters. The predicted octanol–water partition coefficient (Wildman–Crippen LogP) is 3.19. The highest BCUT2D eigenvalue weighted by atomic mass is 35.5. The van der Waals surface area contributed by atoms with E-state index in [4.69, 9.17) is 20.5 Å². The molecule has 0 radical (unpaired) electrons. The summed E-state index contributed by atoms with van der Waals surface area (Å²) in [6.07, 6.45) is 0.980. The molecular formula is C21H25ClN2O7S2. The van der Waals surface area contributed by atoms with Crippen molar-refractivity contribution in [2.24, 2.45) is 0 Å². The number of aryl methyl sites for hydroxylation is 1. The molecule has 2 heterocycles. The minimum atomic E-state index is -4.03. The lowest BCUT2D eigenvalue weighted by Gasteiger charge is -2.28. The van der Waals surface area contributed by atoms with Crippen molar-refractivity contribution in [3.05, 3.63) is 34.4 Å². The van der Waals surface area contributed by atoms with Crippen LogP contribution in [-0.4, -0.2) is 50.8 Å². The molecule has 0 saturated heterocycles. The van der Waals surface area contributed by atoms with Gasteiger partial charge in [-0.05, 0) is 37.5 Å². The van der Waals surface area contributed by atoms with Crippen molar-refractivity contribution >= 4 is 37.5 Å². The predicted molar refractivity (Wildman–Crippen MR) is 123 cm³/mol. The van der Waals surface area contributed by atoms with Crippen molar-refractivity contribution in [1.82, 2.24) is 9.78 Å². The summed E-state index contributed by atoms with van der Waals surface area (Å²) in [5.74, 6) is 1.62. The van der Waals surface area contributed by atoms with Gasteiger partial charge in [0.15, 0.2) is 0 Å². The van der Waals surface area contributed by atoms with Gasteiger partial charge in [-0.1, -0.05) is 13.0 Å². The van der Waals surface area contributed by atoms with E-state index >= 15 is 0 Å². The topological polar surface area (TPSA) is 122 Å². The third kappa shape index (κ3) is 4.88. The number of hydrogen-bond donors (Lipinski definition) is 0. The maximum Gasteiger partial charge on any atom is 0.310 e. The molecule has 180 valence electrons. The van der Waals surface area contributed by atoms with E-state index in [0.29, 0.717) is 35.2 Å². The zero-order valence-electron chi connectivity index (χ0n) is 18.5. The van der Waals surface area contributed by atoms with E-state index in [2.05, 4.69) is 5.10 Å². The van der Waals surface area contributed by atoms with Crippen molar-refractivity contribution in [2.75, 3.05) is 18.2 Å². The number of ether oxygens (including phenoxy) is 1. The molecule has 0 bridgehead atoms. The van der Waals surface area contributed by atoms with E-state index in [9.17, 15) is 21.6 Å². The highest BCUT2D eigenvalue weighted by Gasteiger charge is 2.38. The molecule has 1 aromatic carbocycles. The van der Waals surface area contributed by atoms with Crippen LogP contribution in [0.2, 0.25) is 0 Å². The summed E-state index contributed by atoms with van der Waals surface area (Å²) in [4.78, 5) is 10.9. The van der Waals surface area contributed by atoms with Gasteiger partial charge in [-0.3, -0.25) is 0 Å². The fraction of sp³-hybridized carbons (Fsp3) is 0.476. The van der Waals surface area contributed by atoms with Crippen LogP contribution in [0.15, 0.2) is 28.1 Å². The monoisotopic (exact) mass is 516 g/mol. The lowest BCUT2D eigenvalue weighted by Crippen LogP contribution is -2.23. The van der Waals surface area contributed by atoms with Crippen LogP contribution in [0.3, 0.4) is 0 Å². The molecule has 0 amide bonds. The van der Waals surface area contributed by atoms with Crippen LogP contribution in [0.4, 0.5) is 0 Å². The molecule has 12 heteroatoms. The smallest absolute Gasteiger partial charge is 0.310 e. The maximum atomic E-state index is 12.9. The summed E-state index contributed by atoms with van der Waals surface area (Å²) in [5.41, 5.74) is 1.89. The van der Waals surface area contributed by atoms with E-state index in [1.807, 2.05) is 0 Å². The lowest BCUT2D eigenvalue weighted by molar-refractivity contribution is 0.0618. The van der Waals surface area contributed by atoms with Gasteiger partial charge < -0.3 is 8.92 Å². The molecule has 0 N–H and O–H groups in total. The third-order valence-electron chi connectivity index (χ3n) is 5.33. The molecule has 2 aromatic rings. The second kappa shape index (κ2) is 9.99. The first-order chi connectivity index (χ1) is 15.6. The number of alkyl halides is 1. The molecule has 0 aliphatic carbocycles. The molecule has 1 aliphatic heterocycles. The summed E-state index contributed by atoms with van der Waals surface area (Å²) in [6.45, 7) is 5.76. The Morgan fingerprint density at radius 1 is 1.27 bits per heavy atom. The largest absolute Gasteiger partial charge is 0.372 e. The number of sulfone groups is 1. The molecular weight excluding hydrogens is 492 g/mol. The van der Waals surface area contributed by atoms with Gasteiger partial charge in [0.05, 0.1) is 35.1 Å². The van der Waals surface area contributed by atoms with Crippen LogP contribution in [0.5, 0.6) is 5.88 Å². The van der Waals surface area contributed by atoms with Crippen LogP contribution in [-0.2, 0) is 36.0 Å². The molecule has 9 nitrogen and oxygen atoms in total. The van der Waals surface area contributed by atoms with Crippen molar-refractivity contribution in [1.29, 1.82) is 0 Å². The normalized spacial score (nSPS) is 17.5. The van der Waals surface area contributed by atoms with E-state index in [-0.39, 0.29) is 40.3 Å². The second-order valence-electron chi connectivity index (χ2n) is 7.46. The minimum absolute atomic E-state index is 0.0446. The quantitative estimate of drug-likeness (QED) is 0.283. The highest BCUT2D eigenvalue weighted by Crippen LogP contribution is 2.45. The van der Waals surface area contributed by atoms with E-state index in [1.165, 1.54) is 22.9 Å². The summed E-state index contributed by atoms with van der Waals surface area (Å²) in [5, 5.41) is 4.24. The molecule has 1 unspecified atom stereocenters. The van der Waals surface area contributed by atoms with Crippen molar-refractivity contribution in [3.8, 4) is 17.0 Å². The maximum absolute atomic E-state index is 12.9. The number of hydrogen-bond acceptors (Lipinski definition) is 8. The highest BCUT2D eigenvalue weighted by molar-refractivity contribution is 7.95. The van der Waals surface area contributed by atoms with E-state index < -0.39 is 26.1 Å². The Hall–Kier alpha value is -2.17. The fourth-order valence-electron chi connectivity index (χ4n) is 3.85. The summed E-state index contributed by atoms with van der Waals surface area (Å²) in [6, 6.07) is 2.93. The number of halogens is 1. The Bertz CT molecular complexity index is 1310. The van der Waals surface area contributed by atoms with Gasteiger partial charge in [-0.25, -0.2) is 17.9 Å². The molecule has 3 rings (SSSR count). The van der Waals surface area contributed by atoms with Crippen molar-refractivity contribution in [2.45, 2.75) is 51.2 Å². The standard InChI is InChI=1S/C21H25ClN2O7S2/c1-4-10-32(26,27)31-21-17(12-23-24(21)5-2)16-6-7-19-20(14(16)3)18(30-9-8-22)11-15(13-25)33(19,28)29/h6-7,12,18H,4-5,8-11H2,1-3H3. The van der Waals surface area contributed by atoms with Crippen LogP contribution in [0, 0.1) is 6.92 Å². The van der Waals surface area contributed by atoms with Crippen LogP contribution >= 0.6 is 11.6 Å². The zero-order valence-corrected chi connectivity index (χ0v) is 20.9. The van der Waals surface area contributed by atoms with Crippen molar-refractivity contribution < 1.29 is 30.6 Å². The first kappa shape index (κ1) is 25.5. The lowest BCUT2D eigenvalue weighted by atomic mass is 9.93. The van der Waals surface area contributed by atoms with Gasteiger partial charge in [0.25, 0.3) is 0 Å². The molecule has 33 heavy (non-hydrogen) atoms. The number of fused-ring (bicyclic) bond motifs is 1. The molecule has 1 aromatic heterocycles. The van der Waals surface area contributed by atoms with Gasteiger partial charge in [-0.15, -0.1) is 11.6 Å². The van der Waals surface area contributed by atoms with Crippen LogP contribution < -0.4 is 4.18 Å². The third-order valence-corrected chi connectivity index (χ3v) is 8.64. The first-order valence-corrected chi connectivity index (χ1v) is 14.0. The van der Waals surface area contributed by atoms with Gasteiger partial charge in [0.2, 0.25) is 15.7 Å². The van der Waals surface area contributed by atoms with E-state index in [0.717, 1.165) is 0 Å². The first-order valence-electron chi connectivity index (χ1n) is 10.4. The summed E-state index contributed by atoms with van der Waals surface area (Å²) >= 11 is 5.76. The Labute approximate surface area is 198 Å². The van der Waals surface area contributed by atoms with Crippen molar-refractivity contribution in [3.63, 3.8) is 0 Å². The average molecular weight is 517 g/mol. The Kier molecular flexibility index (Phi) is 7.70. The molecule has 0 fully saturated rings. The van der Waals surface area contributed by atoms with E-state index in [1.54, 1.807) is 26.8 Å². The fourth-order valence-corrected chi connectivity index (χ4v) is 6.51. The molecule has 0 saturated carbocycles. The Morgan fingerprint density at radius 2 is 2.00 bits per heavy atom. The van der Waals surface area contributed by atoms with Gasteiger partial charge in [-0.2, -0.15) is 13.5 Å². The zero-order chi connectivity index (χ0) is 24.4. The van der Waals surface area contributed by atoms with Gasteiger partial charge in [0, 0.05) is 24.4 Å². The number of rotatable bonds is 9.